The van der Waals surface area contributed by atoms with Crippen molar-refractivity contribution < 1.29 is 22.8 Å². The Labute approximate surface area is 212 Å². The van der Waals surface area contributed by atoms with Crippen LogP contribution in [0.5, 0.6) is 0 Å². The first kappa shape index (κ1) is 26.4. The standard InChI is InChI=1S/C24H22F3N7O4/c1-4-15(35)10-34-22(37)19-21(32(3)23(34)38)29-12-33(19)11-18(36)31-17-7-5-6-16(30-17)14-8-13(2)20(28-9-14)24(25,26)27/h5-9,12H,4,10-11H2,1-3H3,(H,30,31,36). The van der Waals surface area contributed by atoms with E-state index in [1.165, 1.54) is 37.0 Å². The molecule has 14 heteroatoms. The molecule has 0 aliphatic rings. The van der Waals surface area contributed by atoms with Gasteiger partial charge in [-0.15, -0.1) is 0 Å². The van der Waals surface area contributed by atoms with Gasteiger partial charge in [-0.3, -0.25) is 28.5 Å². The highest BCUT2D eigenvalue weighted by molar-refractivity contribution is 5.90. The summed E-state index contributed by atoms with van der Waals surface area (Å²) >= 11 is 0. The summed E-state index contributed by atoms with van der Waals surface area (Å²) < 4.78 is 42.2. The van der Waals surface area contributed by atoms with Crippen molar-refractivity contribution in [2.24, 2.45) is 7.05 Å². The van der Waals surface area contributed by atoms with Gasteiger partial charge in [0.05, 0.1) is 18.6 Å². The SMILES string of the molecule is CCC(=O)Cn1c(=O)c2c(ncn2CC(=O)Nc2cccc(-c3cnc(C(F)(F)F)c(C)c3)n2)n(C)c1=O. The predicted molar refractivity (Wildman–Crippen MR) is 130 cm³/mol. The maximum Gasteiger partial charge on any atom is 0.433 e. The highest BCUT2D eigenvalue weighted by Gasteiger charge is 2.34. The molecule has 38 heavy (non-hydrogen) atoms. The molecule has 0 radical (unpaired) electrons. The van der Waals surface area contributed by atoms with Crippen LogP contribution in [-0.2, 0) is 35.9 Å². The third kappa shape index (κ3) is 5.10. The summed E-state index contributed by atoms with van der Waals surface area (Å²) in [5.41, 5.74) is -1.87. The lowest BCUT2D eigenvalue weighted by Crippen LogP contribution is -2.41. The van der Waals surface area contributed by atoms with Gasteiger partial charge in [0.2, 0.25) is 5.91 Å². The van der Waals surface area contributed by atoms with Gasteiger partial charge in [-0.2, -0.15) is 13.2 Å². The van der Waals surface area contributed by atoms with Gasteiger partial charge in [0, 0.05) is 25.2 Å². The Morgan fingerprint density at radius 3 is 2.50 bits per heavy atom. The molecule has 0 spiro atoms. The molecule has 4 rings (SSSR count). The number of nitrogens with zero attached hydrogens (tertiary/aromatic N) is 6. The number of carbonyl (C=O) groups excluding carboxylic acids is 2. The van der Waals surface area contributed by atoms with Gasteiger partial charge in [0.1, 0.15) is 18.1 Å². The lowest BCUT2D eigenvalue weighted by atomic mass is 10.1. The quantitative estimate of drug-likeness (QED) is 0.388. The summed E-state index contributed by atoms with van der Waals surface area (Å²) in [5, 5.41) is 2.58. The number of aryl methyl sites for hydroxylation is 2. The van der Waals surface area contributed by atoms with E-state index in [2.05, 4.69) is 20.3 Å². The van der Waals surface area contributed by atoms with Crippen molar-refractivity contribution in [1.29, 1.82) is 0 Å². The third-order valence-electron chi connectivity index (χ3n) is 5.80. The van der Waals surface area contributed by atoms with Crippen LogP contribution >= 0.6 is 0 Å². The molecular formula is C24H22F3N7O4. The van der Waals surface area contributed by atoms with Crippen molar-refractivity contribution in [3.05, 3.63) is 68.9 Å². The van der Waals surface area contributed by atoms with E-state index in [-0.39, 0.29) is 41.3 Å². The fourth-order valence-corrected chi connectivity index (χ4v) is 3.88. The second-order valence-electron chi connectivity index (χ2n) is 8.51. The lowest BCUT2D eigenvalue weighted by Gasteiger charge is -2.11. The number of halogens is 3. The van der Waals surface area contributed by atoms with Crippen LogP contribution in [0.4, 0.5) is 19.0 Å². The summed E-state index contributed by atoms with van der Waals surface area (Å²) in [5.74, 6) is -0.773. The van der Waals surface area contributed by atoms with Crippen LogP contribution in [0, 0.1) is 6.92 Å². The Morgan fingerprint density at radius 1 is 1.11 bits per heavy atom. The molecule has 4 heterocycles. The van der Waals surface area contributed by atoms with E-state index in [4.69, 9.17) is 0 Å². The van der Waals surface area contributed by atoms with Crippen molar-refractivity contribution >= 4 is 28.7 Å². The number of fused-ring (bicyclic) bond motifs is 1. The Bertz CT molecular complexity index is 1690. The Morgan fingerprint density at radius 2 is 1.84 bits per heavy atom. The van der Waals surface area contributed by atoms with E-state index in [9.17, 15) is 32.3 Å². The second-order valence-corrected chi connectivity index (χ2v) is 8.51. The number of Topliss-reactive ketones (excluding diaryl/α,β-unsaturated/α-hetero) is 1. The molecule has 0 aliphatic carbocycles. The molecule has 0 unspecified atom stereocenters. The zero-order valence-electron chi connectivity index (χ0n) is 20.5. The van der Waals surface area contributed by atoms with Gasteiger partial charge >= 0.3 is 11.9 Å². The molecule has 0 fully saturated rings. The van der Waals surface area contributed by atoms with E-state index in [1.807, 2.05) is 0 Å². The average molecular weight is 529 g/mol. The molecule has 0 bridgehead atoms. The fourth-order valence-electron chi connectivity index (χ4n) is 3.88. The van der Waals surface area contributed by atoms with Crippen LogP contribution in [0.3, 0.4) is 0 Å². The van der Waals surface area contributed by atoms with Crippen LogP contribution in [0.1, 0.15) is 24.6 Å². The topological polar surface area (TPSA) is 134 Å². The molecular weight excluding hydrogens is 507 g/mol. The van der Waals surface area contributed by atoms with Crippen LogP contribution in [-0.4, -0.2) is 40.3 Å². The number of ketones is 1. The first-order valence-corrected chi connectivity index (χ1v) is 11.4. The lowest BCUT2D eigenvalue weighted by molar-refractivity contribution is -0.141. The maximum atomic E-state index is 13.0. The van der Waals surface area contributed by atoms with Crippen molar-refractivity contribution in [3.8, 4) is 11.3 Å². The Kier molecular flexibility index (Phi) is 6.98. The maximum absolute atomic E-state index is 13.0. The van der Waals surface area contributed by atoms with E-state index in [0.29, 0.717) is 11.3 Å². The smallest absolute Gasteiger partial charge is 0.315 e. The third-order valence-corrected chi connectivity index (χ3v) is 5.80. The normalized spacial score (nSPS) is 11.6. The van der Waals surface area contributed by atoms with Crippen LogP contribution in [0.25, 0.3) is 22.4 Å². The van der Waals surface area contributed by atoms with Gasteiger partial charge < -0.3 is 9.88 Å². The van der Waals surface area contributed by atoms with E-state index in [1.54, 1.807) is 19.1 Å². The molecule has 0 aromatic carbocycles. The van der Waals surface area contributed by atoms with Gasteiger partial charge in [0.15, 0.2) is 16.9 Å². The Hall–Kier alpha value is -4.62. The minimum Gasteiger partial charge on any atom is -0.315 e. The molecule has 0 saturated carbocycles. The summed E-state index contributed by atoms with van der Waals surface area (Å²) in [6.45, 7) is 2.15. The van der Waals surface area contributed by atoms with Crippen molar-refractivity contribution in [2.75, 3.05) is 5.32 Å². The molecule has 4 aromatic heterocycles. The summed E-state index contributed by atoms with van der Waals surface area (Å²) in [4.78, 5) is 62.1. The molecule has 1 N–H and O–H groups in total. The Balaban J connectivity index is 1.59. The van der Waals surface area contributed by atoms with Gasteiger partial charge in [-0.05, 0) is 30.7 Å². The summed E-state index contributed by atoms with van der Waals surface area (Å²) in [6.07, 6.45) is -2.15. The number of alkyl halides is 3. The first-order valence-electron chi connectivity index (χ1n) is 11.4. The van der Waals surface area contributed by atoms with Crippen molar-refractivity contribution in [3.63, 3.8) is 0 Å². The summed E-state index contributed by atoms with van der Waals surface area (Å²) in [6, 6.07) is 5.92. The molecule has 0 saturated heterocycles. The monoisotopic (exact) mass is 529 g/mol. The van der Waals surface area contributed by atoms with E-state index in [0.717, 1.165) is 15.3 Å². The number of rotatable bonds is 7. The number of imidazole rings is 1. The highest BCUT2D eigenvalue weighted by Crippen LogP contribution is 2.31. The number of hydrogen-bond donors (Lipinski definition) is 1. The average Bonchev–Trinajstić information content (AvgIpc) is 3.28. The van der Waals surface area contributed by atoms with Crippen LogP contribution < -0.4 is 16.6 Å². The number of carbonyl (C=O) groups is 2. The minimum atomic E-state index is -4.58. The van der Waals surface area contributed by atoms with Gasteiger partial charge in [-0.1, -0.05) is 13.0 Å². The molecule has 0 aliphatic heterocycles. The van der Waals surface area contributed by atoms with Gasteiger partial charge in [-0.25, -0.2) is 14.8 Å². The minimum absolute atomic E-state index is 0.0285. The van der Waals surface area contributed by atoms with Crippen molar-refractivity contribution in [2.45, 2.75) is 39.5 Å². The zero-order valence-corrected chi connectivity index (χ0v) is 20.5. The largest absolute Gasteiger partial charge is 0.433 e. The number of amides is 1. The number of hydrogen-bond acceptors (Lipinski definition) is 7. The number of aromatic nitrogens is 6. The zero-order chi connectivity index (χ0) is 27.8. The molecule has 198 valence electrons. The predicted octanol–water partition coefficient (Wildman–Crippen LogP) is 2.30. The van der Waals surface area contributed by atoms with Crippen LogP contribution in [0.15, 0.2) is 46.4 Å². The number of anilines is 1. The number of nitrogens with one attached hydrogen (secondary N) is 1. The fraction of sp³-hybridized carbons (Fsp3) is 0.292. The van der Waals surface area contributed by atoms with E-state index < -0.39 is 35.6 Å². The molecule has 4 aromatic rings. The van der Waals surface area contributed by atoms with Crippen molar-refractivity contribution in [1.82, 2.24) is 28.7 Å². The van der Waals surface area contributed by atoms with E-state index >= 15 is 0 Å². The highest BCUT2D eigenvalue weighted by atomic mass is 19.4. The second kappa shape index (κ2) is 10.0. The molecule has 11 nitrogen and oxygen atoms in total. The molecule has 1 amide bonds. The first-order chi connectivity index (χ1) is 17.9. The summed E-state index contributed by atoms with van der Waals surface area (Å²) in [7, 11) is 1.40. The van der Waals surface area contributed by atoms with Crippen LogP contribution in [0.2, 0.25) is 0 Å². The van der Waals surface area contributed by atoms with Gasteiger partial charge in [0.25, 0.3) is 5.56 Å². The molecule has 0 atom stereocenters. The number of pyridine rings is 2.